The number of esters is 1. The van der Waals surface area contributed by atoms with E-state index < -0.39 is 12.1 Å². The lowest BCUT2D eigenvalue weighted by Crippen LogP contribution is -2.30. The second-order valence-electron chi connectivity index (χ2n) is 6.26. The Labute approximate surface area is 153 Å². The van der Waals surface area contributed by atoms with Crippen LogP contribution in [-0.4, -0.2) is 18.0 Å². The number of carbonyl (C=O) groups excluding carboxylic acids is 2. The number of thiophene rings is 1. The summed E-state index contributed by atoms with van der Waals surface area (Å²) < 4.78 is 5.35. The quantitative estimate of drug-likeness (QED) is 0.733. The van der Waals surface area contributed by atoms with Gasteiger partial charge in [-0.15, -0.1) is 11.3 Å². The maximum Gasteiger partial charge on any atom is 0.340 e. The van der Waals surface area contributed by atoms with Crippen molar-refractivity contribution in [1.29, 1.82) is 0 Å². The van der Waals surface area contributed by atoms with Crippen LogP contribution in [0, 0.1) is 13.8 Å². The molecule has 0 spiro atoms. The van der Waals surface area contributed by atoms with Crippen LogP contribution in [0.5, 0.6) is 0 Å². The Kier molecular flexibility index (Phi) is 6.37. The number of benzene rings is 1. The highest BCUT2D eigenvalue weighted by Crippen LogP contribution is 2.27. The monoisotopic (exact) mass is 359 g/mol. The molecule has 0 saturated carbocycles. The van der Waals surface area contributed by atoms with Gasteiger partial charge in [-0.2, -0.15) is 0 Å². The van der Waals surface area contributed by atoms with Crippen LogP contribution in [-0.2, 0) is 9.53 Å². The van der Waals surface area contributed by atoms with Gasteiger partial charge in [0.05, 0.1) is 5.56 Å². The van der Waals surface area contributed by atoms with Crippen molar-refractivity contribution in [3.8, 4) is 0 Å². The molecule has 0 aliphatic rings. The molecular formula is C20H25NO3S. The van der Waals surface area contributed by atoms with E-state index in [0.717, 1.165) is 27.4 Å². The summed E-state index contributed by atoms with van der Waals surface area (Å²) in [6.45, 7) is 9.64. The number of para-hydroxylation sites is 1. The topological polar surface area (TPSA) is 55.4 Å². The van der Waals surface area contributed by atoms with E-state index in [2.05, 4.69) is 19.2 Å². The third-order valence-corrected chi connectivity index (χ3v) is 5.24. The molecule has 4 nitrogen and oxygen atoms in total. The predicted octanol–water partition coefficient (Wildman–Crippen LogP) is 5.06. The molecular weight excluding hydrogens is 334 g/mol. The Balaban J connectivity index is 2.06. The molecule has 2 atom stereocenters. The lowest BCUT2D eigenvalue weighted by molar-refractivity contribution is -0.123. The molecule has 0 aliphatic carbocycles. The zero-order valence-electron chi connectivity index (χ0n) is 15.4. The molecule has 0 saturated heterocycles. The van der Waals surface area contributed by atoms with E-state index >= 15 is 0 Å². The SMILES string of the molecule is CC[C@H](C)c1ccccc1NC(=O)[C@H](C)OC(=O)c1cc(C)sc1C. The molecule has 0 aliphatic heterocycles. The van der Waals surface area contributed by atoms with Gasteiger partial charge in [-0.3, -0.25) is 4.79 Å². The summed E-state index contributed by atoms with van der Waals surface area (Å²) in [5, 5.41) is 2.89. The molecule has 1 N–H and O–H groups in total. The minimum atomic E-state index is -0.864. The lowest BCUT2D eigenvalue weighted by Gasteiger charge is -2.18. The fraction of sp³-hybridized carbons (Fsp3) is 0.400. The summed E-state index contributed by atoms with van der Waals surface area (Å²) in [5.41, 5.74) is 2.38. The van der Waals surface area contributed by atoms with E-state index in [4.69, 9.17) is 4.74 Å². The minimum absolute atomic E-state index is 0.325. The van der Waals surface area contributed by atoms with Crippen molar-refractivity contribution in [2.75, 3.05) is 5.32 Å². The fourth-order valence-corrected chi connectivity index (χ4v) is 3.52. The van der Waals surface area contributed by atoms with Crippen LogP contribution in [0.1, 0.15) is 58.8 Å². The second kappa shape index (κ2) is 8.30. The molecule has 2 aromatic rings. The maximum absolute atomic E-state index is 12.4. The average Bonchev–Trinajstić information content (AvgIpc) is 2.93. The van der Waals surface area contributed by atoms with Gasteiger partial charge in [-0.05, 0) is 50.8 Å². The summed E-state index contributed by atoms with van der Waals surface area (Å²) in [6, 6.07) is 9.53. The normalized spacial score (nSPS) is 13.2. The van der Waals surface area contributed by atoms with Gasteiger partial charge in [-0.25, -0.2) is 4.79 Å². The average molecular weight is 359 g/mol. The van der Waals surface area contributed by atoms with Crippen LogP contribution in [0.25, 0.3) is 0 Å². The fourth-order valence-electron chi connectivity index (χ4n) is 2.61. The number of anilines is 1. The summed E-state index contributed by atoms with van der Waals surface area (Å²) in [6.07, 6.45) is 0.117. The Morgan fingerprint density at radius 3 is 2.48 bits per heavy atom. The number of amides is 1. The van der Waals surface area contributed by atoms with Crippen molar-refractivity contribution < 1.29 is 14.3 Å². The van der Waals surface area contributed by atoms with Gasteiger partial charge in [0.1, 0.15) is 0 Å². The first-order chi connectivity index (χ1) is 11.8. The van der Waals surface area contributed by atoms with E-state index in [-0.39, 0.29) is 5.91 Å². The summed E-state index contributed by atoms with van der Waals surface area (Å²) >= 11 is 1.54. The Morgan fingerprint density at radius 2 is 1.88 bits per heavy atom. The van der Waals surface area contributed by atoms with Crippen molar-refractivity contribution in [2.45, 2.75) is 53.1 Å². The maximum atomic E-state index is 12.4. The van der Waals surface area contributed by atoms with Crippen LogP contribution < -0.4 is 5.32 Å². The van der Waals surface area contributed by atoms with E-state index in [1.54, 1.807) is 24.3 Å². The van der Waals surface area contributed by atoms with Crippen molar-refractivity contribution in [2.24, 2.45) is 0 Å². The number of hydrogen-bond acceptors (Lipinski definition) is 4. The van der Waals surface area contributed by atoms with Crippen LogP contribution in [0.15, 0.2) is 30.3 Å². The number of rotatable bonds is 6. The molecule has 2 rings (SSSR count). The van der Waals surface area contributed by atoms with E-state index in [1.807, 2.05) is 38.1 Å². The standard InChI is InChI=1S/C20H25NO3S/c1-6-12(2)16-9-7-8-10-18(16)21-19(22)14(4)24-20(23)17-11-13(3)25-15(17)5/h7-12,14H,6H2,1-5H3,(H,21,22)/t12-,14-/m0/s1. The summed E-state index contributed by atoms with van der Waals surface area (Å²) in [7, 11) is 0. The van der Waals surface area contributed by atoms with Crippen molar-refractivity contribution >= 4 is 28.9 Å². The van der Waals surface area contributed by atoms with Gasteiger partial charge in [0.15, 0.2) is 6.10 Å². The molecule has 5 heteroatoms. The smallest absolute Gasteiger partial charge is 0.340 e. The van der Waals surface area contributed by atoms with E-state index in [0.29, 0.717) is 11.5 Å². The Morgan fingerprint density at radius 1 is 1.20 bits per heavy atom. The first-order valence-electron chi connectivity index (χ1n) is 8.51. The minimum Gasteiger partial charge on any atom is -0.449 e. The molecule has 25 heavy (non-hydrogen) atoms. The summed E-state index contributed by atoms with van der Waals surface area (Å²) in [5.74, 6) is -0.445. The van der Waals surface area contributed by atoms with Crippen LogP contribution in [0.3, 0.4) is 0 Å². The Bertz CT molecular complexity index is 766. The van der Waals surface area contributed by atoms with Crippen molar-refractivity contribution in [3.63, 3.8) is 0 Å². The van der Waals surface area contributed by atoms with E-state index in [1.165, 1.54) is 0 Å². The third kappa shape index (κ3) is 4.69. The summed E-state index contributed by atoms with van der Waals surface area (Å²) in [4.78, 5) is 26.7. The van der Waals surface area contributed by atoms with Gasteiger partial charge in [0.2, 0.25) is 0 Å². The highest BCUT2D eigenvalue weighted by Gasteiger charge is 2.22. The number of ether oxygens (including phenoxy) is 1. The van der Waals surface area contributed by atoms with E-state index in [9.17, 15) is 9.59 Å². The van der Waals surface area contributed by atoms with Crippen LogP contribution >= 0.6 is 11.3 Å². The van der Waals surface area contributed by atoms with Gasteiger partial charge >= 0.3 is 5.97 Å². The van der Waals surface area contributed by atoms with Gasteiger partial charge in [0, 0.05) is 15.4 Å². The zero-order valence-corrected chi connectivity index (χ0v) is 16.2. The number of nitrogens with one attached hydrogen (secondary N) is 1. The van der Waals surface area contributed by atoms with Crippen LogP contribution in [0.2, 0.25) is 0 Å². The molecule has 1 heterocycles. The predicted molar refractivity (Wildman–Crippen MR) is 102 cm³/mol. The van der Waals surface area contributed by atoms with Crippen molar-refractivity contribution in [1.82, 2.24) is 0 Å². The molecule has 0 fully saturated rings. The molecule has 1 aromatic heterocycles. The first kappa shape index (κ1) is 19.2. The lowest BCUT2D eigenvalue weighted by atomic mass is 9.97. The van der Waals surface area contributed by atoms with Gasteiger partial charge < -0.3 is 10.1 Å². The molecule has 0 unspecified atom stereocenters. The third-order valence-electron chi connectivity index (χ3n) is 4.28. The highest BCUT2D eigenvalue weighted by atomic mass is 32.1. The molecule has 1 aromatic carbocycles. The molecule has 134 valence electrons. The second-order valence-corrected chi connectivity index (χ2v) is 7.72. The Hall–Kier alpha value is -2.14. The van der Waals surface area contributed by atoms with Crippen molar-refractivity contribution in [3.05, 3.63) is 51.2 Å². The highest BCUT2D eigenvalue weighted by molar-refractivity contribution is 7.12. The largest absolute Gasteiger partial charge is 0.449 e. The van der Waals surface area contributed by atoms with Crippen LogP contribution in [0.4, 0.5) is 5.69 Å². The number of carbonyl (C=O) groups is 2. The number of hydrogen-bond donors (Lipinski definition) is 1. The van der Waals surface area contributed by atoms with Gasteiger partial charge in [-0.1, -0.05) is 32.0 Å². The number of aryl methyl sites for hydroxylation is 2. The van der Waals surface area contributed by atoms with Gasteiger partial charge in [0.25, 0.3) is 5.91 Å². The molecule has 0 bridgehead atoms. The molecule has 0 radical (unpaired) electrons. The zero-order chi connectivity index (χ0) is 18.6. The molecule has 1 amide bonds. The first-order valence-corrected chi connectivity index (χ1v) is 9.32.